The zero-order valence-electron chi connectivity index (χ0n) is 13.0. The highest BCUT2D eigenvalue weighted by Gasteiger charge is 2.18. The van der Waals surface area contributed by atoms with Gasteiger partial charge in [-0.2, -0.15) is 0 Å². The Hall–Kier alpha value is -1.29. The lowest BCUT2D eigenvalue weighted by Crippen LogP contribution is -2.12. The van der Waals surface area contributed by atoms with E-state index in [0.717, 1.165) is 17.8 Å². The molecule has 0 spiro atoms. The topological polar surface area (TPSA) is 27.1 Å². The van der Waals surface area contributed by atoms with Crippen LogP contribution in [0.4, 0.5) is 4.39 Å². The molecule has 1 aromatic heterocycles. The summed E-state index contributed by atoms with van der Waals surface area (Å²) in [6, 6.07) is 3.44. The molecule has 2 rings (SSSR count). The zero-order valence-corrected chi connectivity index (χ0v) is 13.7. The highest BCUT2D eigenvalue weighted by atomic mass is 35.5. The minimum Gasteiger partial charge on any atom is -0.494 e. The molecule has 0 fully saturated rings. The fourth-order valence-electron chi connectivity index (χ4n) is 2.84. The number of alkyl halides is 1. The molecule has 116 valence electrons. The van der Waals surface area contributed by atoms with E-state index in [9.17, 15) is 4.39 Å². The third-order valence-corrected chi connectivity index (χ3v) is 3.80. The average molecular weight is 313 g/mol. The first kappa shape index (κ1) is 16.1. The number of rotatable bonds is 6. The van der Waals surface area contributed by atoms with Gasteiger partial charge in [-0.15, -0.1) is 11.6 Å². The van der Waals surface area contributed by atoms with Gasteiger partial charge in [0.1, 0.15) is 5.82 Å². The van der Waals surface area contributed by atoms with Gasteiger partial charge in [-0.25, -0.2) is 9.37 Å². The number of fused-ring (bicyclic) bond motifs is 1. The molecule has 1 atom stereocenters. The van der Waals surface area contributed by atoms with Crippen molar-refractivity contribution in [2.75, 3.05) is 13.0 Å². The molecule has 5 heteroatoms. The first-order valence-electron chi connectivity index (χ1n) is 7.28. The van der Waals surface area contributed by atoms with Gasteiger partial charge in [0.15, 0.2) is 11.6 Å². The van der Waals surface area contributed by atoms with Crippen molar-refractivity contribution in [2.24, 2.45) is 5.92 Å². The summed E-state index contributed by atoms with van der Waals surface area (Å²) in [6.45, 7) is 6.54. The van der Waals surface area contributed by atoms with Crippen LogP contribution in [0.15, 0.2) is 12.1 Å². The third kappa shape index (κ3) is 3.31. The van der Waals surface area contributed by atoms with Crippen LogP contribution >= 0.6 is 11.6 Å². The van der Waals surface area contributed by atoms with Gasteiger partial charge in [-0.3, -0.25) is 0 Å². The van der Waals surface area contributed by atoms with Gasteiger partial charge in [0, 0.05) is 30.5 Å². The lowest BCUT2D eigenvalue weighted by atomic mass is 10.0. The summed E-state index contributed by atoms with van der Waals surface area (Å²) in [4.78, 5) is 4.55. The lowest BCUT2D eigenvalue weighted by Gasteiger charge is -2.19. The number of aromatic nitrogens is 2. The van der Waals surface area contributed by atoms with Crippen molar-refractivity contribution in [2.45, 2.75) is 39.7 Å². The molecular weight excluding hydrogens is 291 g/mol. The molecule has 0 amide bonds. The van der Waals surface area contributed by atoms with Crippen molar-refractivity contribution < 1.29 is 9.13 Å². The predicted octanol–water partition coefficient (Wildman–Crippen LogP) is 4.57. The fourth-order valence-corrected chi connectivity index (χ4v) is 3.01. The highest BCUT2D eigenvalue weighted by molar-refractivity contribution is 6.17. The molecule has 1 unspecified atom stereocenters. The van der Waals surface area contributed by atoms with Gasteiger partial charge in [-0.05, 0) is 19.3 Å². The molecule has 0 aliphatic carbocycles. The van der Waals surface area contributed by atoms with Gasteiger partial charge in [0.05, 0.1) is 18.1 Å². The van der Waals surface area contributed by atoms with E-state index in [-0.39, 0.29) is 17.6 Å². The predicted molar refractivity (Wildman–Crippen MR) is 84.8 cm³/mol. The van der Waals surface area contributed by atoms with Crippen molar-refractivity contribution in [1.29, 1.82) is 0 Å². The second-order valence-corrected chi connectivity index (χ2v) is 6.17. The van der Waals surface area contributed by atoms with Crippen LogP contribution in [0.3, 0.4) is 0 Å². The van der Waals surface area contributed by atoms with Crippen molar-refractivity contribution in [3.63, 3.8) is 0 Å². The average Bonchev–Trinajstić information content (AvgIpc) is 2.74. The van der Waals surface area contributed by atoms with Crippen molar-refractivity contribution in [3.8, 4) is 5.75 Å². The van der Waals surface area contributed by atoms with Crippen LogP contribution in [0.2, 0.25) is 0 Å². The Morgan fingerprint density at radius 3 is 2.62 bits per heavy atom. The fraction of sp³-hybridized carbons (Fsp3) is 0.562. The van der Waals surface area contributed by atoms with E-state index in [4.69, 9.17) is 16.3 Å². The van der Waals surface area contributed by atoms with E-state index >= 15 is 0 Å². The molecule has 0 radical (unpaired) electrons. The molecule has 2 aromatic rings. The summed E-state index contributed by atoms with van der Waals surface area (Å²) in [7, 11) is 1.47. The zero-order chi connectivity index (χ0) is 15.6. The number of halogens is 2. The van der Waals surface area contributed by atoms with Crippen molar-refractivity contribution in [3.05, 3.63) is 23.8 Å². The third-order valence-electron chi connectivity index (χ3n) is 3.61. The van der Waals surface area contributed by atoms with Crippen LogP contribution in [0.5, 0.6) is 5.75 Å². The van der Waals surface area contributed by atoms with Crippen LogP contribution in [-0.4, -0.2) is 22.5 Å². The van der Waals surface area contributed by atoms with E-state index in [1.54, 1.807) is 6.07 Å². The molecule has 1 aromatic carbocycles. The number of hydrogen-bond donors (Lipinski definition) is 0. The summed E-state index contributed by atoms with van der Waals surface area (Å²) in [6.07, 6.45) is 1.70. The van der Waals surface area contributed by atoms with E-state index < -0.39 is 0 Å². The van der Waals surface area contributed by atoms with Gasteiger partial charge in [0.2, 0.25) is 0 Å². The van der Waals surface area contributed by atoms with E-state index in [0.29, 0.717) is 23.7 Å². The van der Waals surface area contributed by atoms with E-state index in [1.165, 1.54) is 13.2 Å². The Kier molecular flexibility index (Phi) is 5.09. The molecule has 0 aliphatic heterocycles. The first-order valence-corrected chi connectivity index (χ1v) is 7.81. The van der Waals surface area contributed by atoms with Crippen LogP contribution in [0, 0.1) is 11.7 Å². The second kappa shape index (κ2) is 6.65. The second-order valence-electron chi connectivity index (χ2n) is 5.79. The lowest BCUT2D eigenvalue weighted by molar-refractivity contribution is 0.386. The molecule has 3 nitrogen and oxygen atoms in total. The number of hydrogen-bond acceptors (Lipinski definition) is 2. The Morgan fingerprint density at radius 2 is 2.05 bits per heavy atom. The molecule has 21 heavy (non-hydrogen) atoms. The molecular formula is C16H22ClFN2O. The smallest absolute Gasteiger partial charge is 0.167 e. The van der Waals surface area contributed by atoms with Crippen molar-refractivity contribution >= 4 is 22.6 Å². The quantitative estimate of drug-likeness (QED) is 0.730. The Bertz CT molecular complexity index is 624. The Morgan fingerprint density at radius 1 is 1.33 bits per heavy atom. The van der Waals surface area contributed by atoms with Gasteiger partial charge in [-0.1, -0.05) is 13.8 Å². The molecule has 1 heterocycles. The number of benzene rings is 1. The van der Waals surface area contributed by atoms with Crippen LogP contribution < -0.4 is 4.74 Å². The number of methoxy groups -OCH3 is 1. The van der Waals surface area contributed by atoms with E-state index in [2.05, 4.69) is 30.3 Å². The first-order chi connectivity index (χ1) is 9.97. The number of nitrogens with zero attached hydrogens (tertiary/aromatic N) is 2. The summed E-state index contributed by atoms with van der Waals surface area (Å²) in [5.41, 5.74) is 1.56. The van der Waals surface area contributed by atoms with Gasteiger partial charge in [0.25, 0.3) is 0 Å². The molecule has 0 N–H and O–H groups in total. The SMILES string of the molecule is COc1cc2c(cc1F)nc(CCCl)n2C(C)CC(C)C. The number of aryl methyl sites for hydroxylation is 1. The largest absolute Gasteiger partial charge is 0.494 e. The molecule has 0 saturated carbocycles. The maximum absolute atomic E-state index is 13.9. The number of imidazole rings is 1. The maximum Gasteiger partial charge on any atom is 0.167 e. The van der Waals surface area contributed by atoms with Crippen molar-refractivity contribution in [1.82, 2.24) is 9.55 Å². The molecule has 0 aliphatic rings. The van der Waals surface area contributed by atoms with Crippen LogP contribution in [0.1, 0.15) is 39.1 Å². The normalized spacial score (nSPS) is 13.1. The molecule has 0 bridgehead atoms. The number of ether oxygens (including phenoxy) is 1. The van der Waals surface area contributed by atoms with Crippen LogP contribution in [-0.2, 0) is 6.42 Å². The minimum absolute atomic E-state index is 0.248. The summed E-state index contributed by atoms with van der Waals surface area (Å²) < 4.78 is 21.1. The van der Waals surface area contributed by atoms with E-state index in [1.807, 2.05) is 0 Å². The summed E-state index contributed by atoms with van der Waals surface area (Å²) in [5.74, 6) is 1.84. The minimum atomic E-state index is -0.386. The summed E-state index contributed by atoms with van der Waals surface area (Å²) in [5, 5.41) is 0. The summed E-state index contributed by atoms with van der Waals surface area (Å²) >= 11 is 5.88. The standard InChI is InChI=1S/C16H22ClFN2O/c1-10(2)7-11(3)20-14-9-15(21-4)12(18)8-13(14)19-16(20)5-6-17/h8-11H,5-7H2,1-4H3. The van der Waals surface area contributed by atoms with Gasteiger partial charge >= 0.3 is 0 Å². The highest BCUT2D eigenvalue weighted by Crippen LogP contribution is 2.30. The van der Waals surface area contributed by atoms with Crippen LogP contribution in [0.25, 0.3) is 11.0 Å². The van der Waals surface area contributed by atoms with Gasteiger partial charge < -0.3 is 9.30 Å². The monoisotopic (exact) mass is 312 g/mol. The Balaban J connectivity index is 2.59. The maximum atomic E-state index is 13.9. The Labute approximate surface area is 130 Å². The molecule has 0 saturated heterocycles.